The molecule has 2 aromatic carbocycles. The van der Waals surface area contributed by atoms with Crippen LogP contribution in [0.15, 0.2) is 54.6 Å². The summed E-state index contributed by atoms with van der Waals surface area (Å²) in [7, 11) is 0. The highest BCUT2D eigenvalue weighted by atomic mass is 16.3. The van der Waals surface area contributed by atoms with E-state index in [1.54, 1.807) is 12.1 Å². The van der Waals surface area contributed by atoms with Gasteiger partial charge in [0.2, 0.25) is 0 Å². The number of aliphatic hydroxyl groups is 1. The van der Waals surface area contributed by atoms with Gasteiger partial charge in [-0.2, -0.15) is 0 Å². The zero-order valence-corrected chi connectivity index (χ0v) is 13.9. The van der Waals surface area contributed by atoms with Crippen LogP contribution < -0.4 is 10.6 Å². The average molecular weight is 324 g/mol. The van der Waals surface area contributed by atoms with Gasteiger partial charge >= 0.3 is 0 Å². The number of carbonyl (C=O) groups is 1. The van der Waals surface area contributed by atoms with Gasteiger partial charge in [0.05, 0.1) is 0 Å². The largest absolute Gasteiger partial charge is 0.396 e. The molecule has 24 heavy (non-hydrogen) atoms. The van der Waals surface area contributed by atoms with E-state index in [1.165, 1.54) is 11.1 Å². The van der Waals surface area contributed by atoms with Gasteiger partial charge in [0.15, 0.2) is 0 Å². The number of fused-ring (bicyclic) bond motifs is 1. The third-order valence-corrected chi connectivity index (χ3v) is 4.82. The molecule has 0 fully saturated rings. The van der Waals surface area contributed by atoms with Crippen molar-refractivity contribution in [2.24, 2.45) is 5.92 Å². The Hall–Kier alpha value is -2.17. The van der Waals surface area contributed by atoms with Gasteiger partial charge in [-0.3, -0.25) is 4.79 Å². The number of amides is 1. The summed E-state index contributed by atoms with van der Waals surface area (Å²) in [5.41, 5.74) is 3.18. The third kappa shape index (κ3) is 3.50. The molecule has 3 rings (SSSR count). The minimum Gasteiger partial charge on any atom is -0.396 e. The number of aliphatic hydroxyl groups excluding tert-OH is 1. The van der Waals surface area contributed by atoms with Crippen LogP contribution in [0.25, 0.3) is 0 Å². The Kier molecular flexibility index (Phi) is 5.28. The molecule has 3 N–H and O–H groups in total. The molecule has 0 spiro atoms. The van der Waals surface area contributed by atoms with E-state index in [0.29, 0.717) is 5.56 Å². The molecular formula is C20H24N2O2. The number of hydrogen-bond donors (Lipinski definition) is 3. The number of benzene rings is 2. The summed E-state index contributed by atoms with van der Waals surface area (Å²) in [5.74, 6) is -0.190. The van der Waals surface area contributed by atoms with Crippen molar-refractivity contribution in [1.82, 2.24) is 10.6 Å². The van der Waals surface area contributed by atoms with Gasteiger partial charge in [-0.05, 0) is 43.1 Å². The second kappa shape index (κ2) is 7.60. The molecular weight excluding hydrogens is 300 g/mol. The number of rotatable bonds is 5. The molecule has 0 unspecified atom stereocenters. The Morgan fingerprint density at radius 1 is 1.21 bits per heavy atom. The zero-order chi connectivity index (χ0) is 16.9. The van der Waals surface area contributed by atoms with Crippen LogP contribution >= 0.6 is 0 Å². The lowest BCUT2D eigenvalue weighted by molar-refractivity contribution is 0.0889. The number of nitrogens with one attached hydrogen (secondary N) is 2. The predicted molar refractivity (Wildman–Crippen MR) is 94.8 cm³/mol. The normalized spacial score (nSPS) is 19.2. The molecule has 1 heterocycles. The quantitative estimate of drug-likeness (QED) is 0.791. The molecule has 0 saturated carbocycles. The minimum atomic E-state index is -0.147. The van der Waals surface area contributed by atoms with E-state index in [9.17, 15) is 9.90 Å². The van der Waals surface area contributed by atoms with E-state index in [4.69, 9.17) is 0 Å². The first-order chi connectivity index (χ1) is 11.7. The van der Waals surface area contributed by atoms with E-state index < -0.39 is 0 Å². The molecule has 0 bridgehead atoms. The maximum Gasteiger partial charge on any atom is 0.251 e. The second-order valence-corrected chi connectivity index (χ2v) is 6.36. The van der Waals surface area contributed by atoms with Crippen molar-refractivity contribution >= 4 is 5.91 Å². The highest BCUT2D eigenvalue weighted by Gasteiger charge is 2.31. The van der Waals surface area contributed by atoms with E-state index >= 15 is 0 Å². The summed E-state index contributed by atoms with van der Waals surface area (Å²) in [6.07, 6.45) is 0.996. The maximum absolute atomic E-state index is 12.4. The summed E-state index contributed by atoms with van der Waals surface area (Å²) in [6.45, 7) is 2.86. The van der Waals surface area contributed by atoms with Gasteiger partial charge in [-0.1, -0.05) is 42.5 Å². The average Bonchev–Trinajstić information content (AvgIpc) is 2.63. The van der Waals surface area contributed by atoms with Crippen molar-refractivity contribution in [2.45, 2.75) is 25.4 Å². The van der Waals surface area contributed by atoms with Crippen LogP contribution in [0, 0.1) is 5.92 Å². The first-order valence-electron chi connectivity index (χ1n) is 8.48. The van der Waals surface area contributed by atoms with Crippen molar-refractivity contribution < 1.29 is 9.90 Å². The molecule has 4 heteroatoms. The molecule has 3 atom stereocenters. The van der Waals surface area contributed by atoms with Crippen molar-refractivity contribution in [3.63, 3.8) is 0 Å². The predicted octanol–water partition coefficient (Wildman–Crippen LogP) is 2.30. The first-order valence-corrected chi connectivity index (χ1v) is 8.48. The first kappa shape index (κ1) is 16.7. The SMILES string of the molecule is C[C@H](NC(=O)c1ccccc1)[C@H](CO)[C@@H]1NCCc2ccccc21. The zero-order valence-electron chi connectivity index (χ0n) is 13.9. The van der Waals surface area contributed by atoms with E-state index in [-0.39, 0.29) is 30.5 Å². The summed E-state index contributed by atoms with van der Waals surface area (Å²) in [4.78, 5) is 12.4. The lowest BCUT2D eigenvalue weighted by Crippen LogP contribution is -2.47. The van der Waals surface area contributed by atoms with Gasteiger partial charge in [-0.15, -0.1) is 0 Å². The molecule has 0 aromatic heterocycles. The molecule has 2 aromatic rings. The minimum absolute atomic E-state index is 0.0161. The number of hydrogen-bond acceptors (Lipinski definition) is 3. The standard InChI is InChI=1S/C20H24N2O2/c1-14(22-20(24)16-8-3-2-4-9-16)18(13-23)19-17-10-6-5-7-15(17)11-12-21-19/h2-10,14,18-19,21,23H,11-13H2,1H3,(H,22,24)/t14-,18-,19+/m0/s1. The van der Waals surface area contributed by atoms with Crippen LogP contribution in [0.5, 0.6) is 0 Å². The molecule has 1 amide bonds. The molecule has 0 aliphatic carbocycles. The second-order valence-electron chi connectivity index (χ2n) is 6.36. The smallest absolute Gasteiger partial charge is 0.251 e. The Morgan fingerprint density at radius 2 is 1.92 bits per heavy atom. The summed E-state index contributed by atoms with van der Waals surface area (Å²) in [5, 5.41) is 16.5. The molecule has 1 aliphatic rings. The molecule has 1 aliphatic heterocycles. The van der Waals surface area contributed by atoms with E-state index in [2.05, 4.69) is 28.8 Å². The fourth-order valence-corrected chi connectivity index (χ4v) is 3.46. The van der Waals surface area contributed by atoms with E-state index in [0.717, 1.165) is 13.0 Å². The Bertz CT molecular complexity index is 687. The van der Waals surface area contributed by atoms with Crippen molar-refractivity contribution in [1.29, 1.82) is 0 Å². The van der Waals surface area contributed by atoms with Gasteiger partial charge in [0, 0.05) is 30.2 Å². The van der Waals surface area contributed by atoms with Gasteiger partial charge in [-0.25, -0.2) is 0 Å². The van der Waals surface area contributed by atoms with Crippen molar-refractivity contribution in [3.05, 3.63) is 71.3 Å². The summed E-state index contributed by atoms with van der Waals surface area (Å²) >= 11 is 0. The Labute approximate surface area is 142 Å². The highest BCUT2D eigenvalue weighted by molar-refractivity contribution is 5.94. The molecule has 126 valence electrons. The van der Waals surface area contributed by atoms with Crippen LogP contribution in [-0.4, -0.2) is 30.2 Å². The van der Waals surface area contributed by atoms with E-state index in [1.807, 2.05) is 31.2 Å². The van der Waals surface area contributed by atoms with Crippen molar-refractivity contribution in [2.75, 3.05) is 13.2 Å². The third-order valence-electron chi connectivity index (χ3n) is 4.82. The lowest BCUT2D eigenvalue weighted by Gasteiger charge is -2.36. The van der Waals surface area contributed by atoms with Crippen LogP contribution in [0.1, 0.15) is 34.5 Å². The van der Waals surface area contributed by atoms with Crippen LogP contribution in [0.4, 0.5) is 0 Å². The Balaban J connectivity index is 1.76. The monoisotopic (exact) mass is 324 g/mol. The number of carbonyl (C=O) groups excluding carboxylic acids is 1. The fourth-order valence-electron chi connectivity index (χ4n) is 3.46. The van der Waals surface area contributed by atoms with Crippen LogP contribution in [0.2, 0.25) is 0 Å². The van der Waals surface area contributed by atoms with Gasteiger partial charge < -0.3 is 15.7 Å². The van der Waals surface area contributed by atoms with Crippen LogP contribution in [-0.2, 0) is 6.42 Å². The highest BCUT2D eigenvalue weighted by Crippen LogP contribution is 2.30. The summed E-state index contributed by atoms with van der Waals surface area (Å²) < 4.78 is 0. The molecule has 0 radical (unpaired) electrons. The fraction of sp³-hybridized carbons (Fsp3) is 0.350. The molecule has 4 nitrogen and oxygen atoms in total. The summed E-state index contributed by atoms with van der Waals surface area (Å²) in [6, 6.07) is 17.4. The molecule has 0 saturated heterocycles. The van der Waals surface area contributed by atoms with Gasteiger partial charge in [0.1, 0.15) is 0 Å². The Morgan fingerprint density at radius 3 is 2.67 bits per heavy atom. The maximum atomic E-state index is 12.4. The van der Waals surface area contributed by atoms with Crippen LogP contribution in [0.3, 0.4) is 0 Å². The topological polar surface area (TPSA) is 61.4 Å². The van der Waals surface area contributed by atoms with Gasteiger partial charge in [0.25, 0.3) is 5.91 Å². The van der Waals surface area contributed by atoms with Crippen molar-refractivity contribution in [3.8, 4) is 0 Å². The lowest BCUT2D eigenvalue weighted by atomic mass is 9.83.